The second-order valence-electron chi connectivity index (χ2n) is 7.35. The first-order chi connectivity index (χ1) is 9.91. The number of carbonyl (C=O) groups excluding carboxylic acids is 1. The van der Waals surface area contributed by atoms with Crippen molar-refractivity contribution in [3.05, 3.63) is 0 Å². The highest BCUT2D eigenvalue weighted by Gasteiger charge is 2.47. The van der Waals surface area contributed by atoms with Crippen LogP contribution in [-0.4, -0.2) is 72.5 Å². The summed E-state index contributed by atoms with van der Waals surface area (Å²) < 4.78 is 30.2. The lowest BCUT2D eigenvalue weighted by Gasteiger charge is -2.49. The maximum absolute atomic E-state index is 12.2. The molecule has 7 nitrogen and oxygen atoms in total. The van der Waals surface area contributed by atoms with Crippen LogP contribution in [0.5, 0.6) is 0 Å². The number of sulfonamides is 1. The number of rotatable bonds is 1. The average molecular weight is 334 g/mol. The Labute approximate surface area is 132 Å². The van der Waals surface area contributed by atoms with Crippen LogP contribution in [0.4, 0.5) is 4.79 Å². The van der Waals surface area contributed by atoms with Gasteiger partial charge in [0.2, 0.25) is 10.0 Å². The highest BCUT2D eigenvalue weighted by Crippen LogP contribution is 2.36. The normalized spacial score (nSPS) is 30.8. The van der Waals surface area contributed by atoms with E-state index in [-0.39, 0.29) is 12.5 Å². The van der Waals surface area contributed by atoms with Crippen LogP contribution in [-0.2, 0) is 14.8 Å². The zero-order chi connectivity index (χ0) is 16.8. The zero-order valence-electron chi connectivity index (χ0n) is 13.7. The molecule has 0 radical (unpaired) electrons. The van der Waals surface area contributed by atoms with Crippen LogP contribution in [0.3, 0.4) is 0 Å². The zero-order valence-corrected chi connectivity index (χ0v) is 14.5. The number of ether oxygens (including phenoxy) is 1. The predicted molar refractivity (Wildman–Crippen MR) is 81.9 cm³/mol. The topological polar surface area (TPSA) is 87.2 Å². The largest absolute Gasteiger partial charge is 0.444 e. The summed E-state index contributed by atoms with van der Waals surface area (Å²) >= 11 is 0. The Morgan fingerprint density at radius 1 is 1.23 bits per heavy atom. The van der Waals surface area contributed by atoms with E-state index < -0.39 is 27.3 Å². The number of hydrogen-bond donors (Lipinski definition) is 1. The van der Waals surface area contributed by atoms with Crippen LogP contribution in [0.2, 0.25) is 0 Å². The molecule has 2 fully saturated rings. The number of likely N-dealkylation sites (tertiary alicyclic amines) is 1. The summed E-state index contributed by atoms with van der Waals surface area (Å²) in [5.74, 6) is -0.280. The van der Waals surface area contributed by atoms with Crippen molar-refractivity contribution in [1.29, 1.82) is 0 Å². The molecule has 2 aliphatic heterocycles. The molecule has 0 aliphatic carbocycles. The molecular weight excluding hydrogens is 308 g/mol. The molecule has 2 atom stereocenters. The maximum Gasteiger partial charge on any atom is 0.410 e. The molecule has 0 bridgehead atoms. The summed E-state index contributed by atoms with van der Waals surface area (Å²) in [6.07, 6.45) is 1.62. The van der Waals surface area contributed by atoms with Crippen LogP contribution in [0.1, 0.15) is 33.6 Å². The van der Waals surface area contributed by atoms with Gasteiger partial charge in [-0.05, 0) is 33.6 Å². The second kappa shape index (κ2) is 5.65. The molecule has 1 amide bonds. The standard InChI is InChI=1S/C14H26N2O5S/c1-13(2,3)21-12(17)15-7-5-14(18)6-8-16(22(4,19)20)10-11(14)9-15/h11,18H,5-10H2,1-4H3. The van der Waals surface area contributed by atoms with Gasteiger partial charge >= 0.3 is 6.09 Å². The van der Waals surface area contributed by atoms with E-state index in [2.05, 4.69) is 0 Å². The first kappa shape index (κ1) is 17.5. The van der Waals surface area contributed by atoms with Gasteiger partial charge in [0.25, 0.3) is 0 Å². The third-order valence-electron chi connectivity index (χ3n) is 4.35. The summed E-state index contributed by atoms with van der Waals surface area (Å²) in [6.45, 7) is 6.73. The van der Waals surface area contributed by atoms with Crippen molar-refractivity contribution in [2.75, 3.05) is 32.4 Å². The first-order valence-electron chi connectivity index (χ1n) is 7.56. The van der Waals surface area contributed by atoms with Gasteiger partial charge in [-0.1, -0.05) is 0 Å². The van der Waals surface area contributed by atoms with Gasteiger partial charge < -0.3 is 14.7 Å². The van der Waals surface area contributed by atoms with E-state index in [4.69, 9.17) is 4.74 Å². The SMILES string of the molecule is CC(C)(C)OC(=O)N1CCC2(O)CCN(S(C)(=O)=O)CC2C1. The van der Waals surface area contributed by atoms with E-state index in [9.17, 15) is 18.3 Å². The number of piperidine rings is 2. The van der Waals surface area contributed by atoms with Gasteiger partial charge in [0, 0.05) is 32.1 Å². The van der Waals surface area contributed by atoms with Crippen molar-refractivity contribution in [1.82, 2.24) is 9.21 Å². The Morgan fingerprint density at radius 2 is 1.82 bits per heavy atom. The number of aliphatic hydroxyl groups is 1. The second-order valence-corrected chi connectivity index (χ2v) is 9.33. The highest BCUT2D eigenvalue weighted by atomic mass is 32.2. The predicted octanol–water partition coefficient (Wildman–Crippen LogP) is 0.640. The summed E-state index contributed by atoms with van der Waals surface area (Å²) in [4.78, 5) is 13.7. The highest BCUT2D eigenvalue weighted by molar-refractivity contribution is 7.88. The van der Waals surface area contributed by atoms with Crippen LogP contribution in [0.15, 0.2) is 0 Å². The van der Waals surface area contributed by atoms with E-state index in [0.29, 0.717) is 32.5 Å². The van der Waals surface area contributed by atoms with Crippen LogP contribution in [0.25, 0.3) is 0 Å². The minimum atomic E-state index is -3.28. The van der Waals surface area contributed by atoms with E-state index in [1.165, 1.54) is 10.6 Å². The Bertz CT molecular complexity index is 542. The van der Waals surface area contributed by atoms with E-state index in [1.807, 2.05) is 0 Å². The quantitative estimate of drug-likeness (QED) is 0.760. The van der Waals surface area contributed by atoms with Crippen molar-refractivity contribution < 1.29 is 23.1 Å². The third-order valence-corrected chi connectivity index (χ3v) is 5.62. The lowest BCUT2D eigenvalue weighted by atomic mass is 9.76. The summed E-state index contributed by atoms with van der Waals surface area (Å²) in [7, 11) is -3.28. The Kier molecular flexibility index (Phi) is 4.49. The fraction of sp³-hybridized carbons (Fsp3) is 0.929. The van der Waals surface area contributed by atoms with Gasteiger partial charge in [-0.25, -0.2) is 17.5 Å². The summed E-state index contributed by atoms with van der Waals surface area (Å²) in [6, 6.07) is 0. The van der Waals surface area contributed by atoms with Gasteiger partial charge in [-0.2, -0.15) is 0 Å². The minimum absolute atomic E-state index is 0.245. The van der Waals surface area contributed by atoms with Crippen LogP contribution >= 0.6 is 0 Å². The summed E-state index contributed by atoms with van der Waals surface area (Å²) in [5, 5.41) is 10.7. The van der Waals surface area contributed by atoms with Gasteiger partial charge in [-0.15, -0.1) is 0 Å². The van der Waals surface area contributed by atoms with Crippen molar-refractivity contribution in [3.8, 4) is 0 Å². The number of fused-ring (bicyclic) bond motifs is 1. The first-order valence-corrected chi connectivity index (χ1v) is 9.41. The third kappa shape index (κ3) is 3.91. The van der Waals surface area contributed by atoms with Crippen molar-refractivity contribution in [2.24, 2.45) is 5.92 Å². The molecule has 128 valence electrons. The Morgan fingerprint density at radius 3 is 2.36 bits per heavy atom. The van der Waals surface area contributed by atoms with E-state index >= 15 is 0 Å². The monoisotopic (exact) mass is 334 g/mol. The van der Waals surface area contributed by atoms with Crippen molar-refractivity contribution in [3.63, 3.8) is 0 Å². The van der Waals surface area contributed by atoms with E-state index in [0.717, 1.165) is 0 Å². The number of nitrogens with zero attached hydrogens (tertiary/aromatic N) is 2. The molecular formula is C14H26N2O5S. The Hall–Kier alpha value is -0.860. The maximum atomic E-state index is 12.2. The van der Waals surface area contributed by atoms with Crippen molar-refractivity contribution in [2.45, 2.75) is 44.8 Å². The molecule has 0 spiro atoms. The van der Waals surface area contributed by atoms with Crippen LogP contribution < -0.4 is 0 Å². The molecule has 2 unspecified atom stereocenters. The molecule has 0 aromatic rings. The molecule has 0 aromatic heterocycles. The minimum Gasteiger partial charge on any atom is -0.444 e. The van der Waals surface area contributed by atoms with Gasteiger partial charge in [-0.3, -0.25) is 0 Å². The lowest BCUT2D eigenvalue weighted by molar-refractivity contribution is -0.101. The smallest absolute Gasteiger partial charge is 0.410 e. The lowest BCUT2D eigenvalue weighted by Crippen LogP contribution is -2.61. The molecule has 2 aliphatic rings. The number of carbonyl (C=O) groups is 1. The summed E-state index contributed by atoms with van der Waals surface area (Å²) in [5.41, 5.74) is -1.46. The van der Waals surface area contributed by atoms with Gasteiger partial charge in [0.05, 0.1) is 11.9 Å². The molecule has 0 aromatic carbocycles. The number of hydrogen-bond acceptors (Lipinski definition) is 5. The molecule has 2 heterocycles. The Balaban J connectivity index is 2.07. The molecule has 1 N–H and O–H groups in total. The molecule has 22 heavy (non-hydrogen) atoms. The molecule has 2 saturated heterocycles. The number of amides is 1. The molecule has 0 saturated carbocycles. The van der Waals surface area contributed by atoms with Crippen LogP contribution in [0, 0.1) is 5.92 Å². The molecule has 2 rings (SSSR count). The average Bonchev–Trinajstić information content (AvgIpc) is 2.33. The van der Waals surface area contributed by atoms with E-state index in [1.54, 1.807) is 25.7 Å². The fourth-order valence-corrected chi connectivity index (χ4v) is 3.94. The van der Waals surface area contributed by atoms with Gasteiger partial charge in [0.1, 0.15) is 5.60 Å². The van der Waals surface area contributed by atoms with Crippen molar-refractivity contribution >= 4 is 16.1 Å². The molecule has 8 heteroatoms. The van der Waals surface area contributed by atoms with Gasteiger partial charge in [0.15, 0.2) is 0 Å². The fourth-order valence-electron chi connectivity index (χ4n) is 3.07.